The molecule has 0 radical (unpaired) electrons. The first kappa shape index (κ1) is 23.0. The molecule has 0 bridgehead atoms. The van der Waals surface area contributed by atoms with Crippen LogP contribution in [-0.2, 0) is 17.8 Å². The summed E-state index contributed by atoms with van der Waals surface area (Å²) in [5.74, 6) is 1.34. The Morgan fingerprint density at radius 1 is 1.03 bits per heavy atom. The van der Waals surface area contributed by atoms with Gasteiger partial charge in [-0.2, -0.15) is 5.10 Å². The molecule has 4 rings (SSSR count). The number of rotatable bonds is 9. The number of benzene rings is 2. The Kier molecular flexibility index (Phi) is 7.17. The van der Waals surface area contributed by atoms with Crippen molar-refractivity contribution in [3.8, 4) is 23.1 Å². The predicted molar refractivity (Wildman–Crippen MR) is 126 cm³/mol. The zero-order valence-electron chi connectivity index (χ0n) is 19.0. The number of pyridine rings is 1. The highest BCUT2D eigenvalue weighted by molar-refractivity contribution is 5.76. The number of aryl methyl sites for hydroxylation is 1. The zero-order chi connectivity index (χ0) is 23.9. The minimum absolute atomic E-state index is 0.102. The molecule has 0 spiro atoms. The maximum Gasteiger partial charge on any atom is 0.226 e. The molecule has 1 N–H and O–H groups in total. The minimum atomic E-state index is -0.338. The van der Waals surface area contributed by atoms with E-state index in [1.54, 1.807) is 54.4 Å². The smallest absolute Gasteiger partial charge is 0.226 e. The number of ether oxygens (including phenoxy) is 2. The second-order valence-electron chi connectivity index (χ2n) is 7.63. The van der Waals surface area contributed by atoms with Gasteiger partial charge in [-0.15, -0.1) is 0 Å². The Morgan fingerprint density at radius 3 is 2.44 bits per heavy atom. The van der Waals surface area contributed by atoms with E-state index >= 15 is 0 Å². The molecule has 2 heterocycles. The number of methoxy groups -OCH3 is 1. The molecule has 0 aliphatic heterocycles. The molecule has 0 aliphatic rings. The third-order valence-electron chi connectivity index (χ3n) is 5.28. The molecular weight excluding hydrogens is 435 g/mol. The summed E-state index contributed by atoms with van der Waals surface area (Å²) in [5.41, 5.74) is 2.97. The first-order valence-electron chi connectivity index (χ1n) is 10.9. The van der Waals surface area contributed by atoms with Crippen LogP contribution in [0.15, 0.2) is 72.9 Å². The van der Waals surface area contributed by atoms with Crippen LogP contribution in [0.2, 0.25) is 0 Å². The van der Waals surface area contributed by atoms with Crippen LogP contribution in [0.5, 0.6) is 17.4 Å². The molecule has 4 aromatic rings. The summed E-state index contributed by atoms with van der Waals surface area (Å²) < 4.78 is 26.5. The Balaban J connectivity index is 1.56. The highest BCUT2D eigenvalue weighted by Crippen LogP contribution is 2.32. The highest BCUT2D eigenvalue weighted by atomic mass is 19.1. The van der Waals surface area contributed by atoms with Crippen LogP contribution in [0.3, 0.4) is 0 Å². The van der Waals surface area contributed by atoms with E-state index in [9.17, 15) is 9.18 Å². The molecule has 8 heteroatoms. The van der Waals surface area contributed by atoms with Crippen molar-refractivity contribution in [1.29, 1.82) is 0 Å². The Bertz CT molecular complexity index is 1240. The third-order valence-corrected chi connectivity index (χ3v) is 5.28. The molecule has 0 aliphatic carbocycles. The van der Waals surface area contributed by atoms with Crippen LogP contribution in [-0.4, -0.2) is 27.8 Å². The number of carbonyl (C=O) groups excluding carboxylic acids is 1. The van der Waals surface area contributed by atoms with Gasteiger partial charge < -0.3 is 14.8 Å². The number of nitrogens with zero attached hydrogens (tertiary/aromatic N) is 3. The van der Waals surface area contributed by atoms with E-state index in [-0.39, 0.29) is 18.1 Å². The fourth-order valence-electron chi connectivity index (χ4n) is 3.46. The van der Waals surface area contributed by atoms with Gasteiger partial charge in [0.15, 0.2) is 0 Å². The van der Waals surface area contributed by atoms with Gasteiger partial charge in [0.1, 0.15) is 17.3 Å². The molecule has 1 amide bonds. The van der Waals surface area contributed by atoms with Gasteiger partial charge in [-0.25, -0.2) is 9.07 Å². The normalized spacial score (nSPS) is 10.7. The van der Waals surface area contributed by atoms with Crippen LogP contribution in [0.25, 0.3) is 5.69 Å². The van der Waals surface area contributed by atoms with Crippen LogP contribution < -0.4 is 14.8 Å². The molecular formula is C26H25FN4O3. The lowest BCUT2D eigenvalue weighted by atomic mass is 10.1. The van der Waals surface area contributed by atoms with Gasteiger partial charge >= 0.3 is 0 Å². The Hall–Kier alpha value is -4.20. The molecule has 7 nitrogen and oxygen atoms in total. The van der Waals surface area contributed by atoms with Crippen LogP contribution in [0.1, 0.15) is 23.4 Å². The topological polar surface area (TPSA) is 78.3 Å². The average molecular weight is 461 g/mol. The first-order chi connectivity index (χ1) is 16.5. The van der Waals surface area contributed by atoms with Crippen LogP contribution >= 0.6 is 0 Å². The van der Waals surface area contributed by atoms with Crippen molar-refractivity contribution in [1.82, 2.24) is 20.1 Å². The maximum atomic E-state index is 13.5. The van der Waals surface area contributed by atoms with E-state index < -0.39 is 0 Å². The summed E-state index contributed by atoms with van der Waals surface area (Å²) in [6.07, 6.45) is 2.37. The first-order valence-corrected chi connectivity index (χ1v) is 10.9. The van der Waals surface area contributed by atoms with Crippen molar-refractivity contribution in [2.75, 3.05) is 7.11 Å². The number of aromatic nitrogens is 3. The maximum absolute atomic E-state index is 13.5. The SMILES string of the molecule is COc1ccc(Oc2c(CCC(=O)NCc3ccccn3)c(C)nn2-c2ccc(F)cc2)cc1. The monoisotopic (exact) mass is 460 g/mol. The summed E-state index contributed by atoms with van der Waals surface area (Å²) in [6, 6.07) is 18.7. The average Bonchev–Trinajstić information content (AvgIpc) is 3.17. The van der Waals surface area contributed by atoms with E-state index in [0.717, 1.165) is 17.0 Å². The lowest BCUT2D eigenvalue weighted by Gasteiger charge is -2.12. The van der Waals surface area contributed by atoms with E-state index in [4.69, 9.17) is 9.47 Å². The summed E-state index contributed by atoms with van der Waals surface area (Å²) in [4.78, 5) is 16.7. The van der Waals surface area contributed by atoms with E-state index in [2.05, 4.69) is 15.4 Å². The number of hydrogen-bond acceptors (Lipinski definition) is 5. The number of halogens is 1. The molecule has 2 aromatic heterocycles. The summed E-state index contributed by atoms with van der Waals surface area (Å²) in [7, 11) is 1.60. The van der Waals surface area contributed by atoms with E-state index in [0.29, 0.717) is 36.0 Å². The highest BCUT2D eigenvalue weighted by Gasteiger charge is 2.20. The Labute approximate surface area is 197 Å². The van der Waals surface area contributed by atoms with Crippen molar-refractivity contribution in [2.45, 2.75) is 26.3 Å². The molecule has 0 unspecified atom stereocenters. The van der Waals surface area contributed by atoms with Crippen molar-refractivity contribution < 1.29 is 18.7 Å². The number of amides is 1. The molecule has 2 aromatic carbocycles. The quantitative estimate of drug-likeness (QED) is 0.390. The number of carbonyl (C=O) groups is 1. The Morgan fingerprint density at radius 2 is 1.76 bits per heavy atom. The van der Waals surface area contributed by atoms with Crippen LogP contribution in [0.4, 0.5) is 4.39 Å². The lowest BCUT2D eigenvalue weighted by molar-refractivity contribution is -0.121. The minimum Gasteiger partial charge on any atom is -0.497 e. The molecule has 174 valence electrons. The number of nitrogens with one attached hydrogen (secondary N) is 1. The summed E-state index contributed by atoms with van der Waals surface area (Å²) >= 11 is 0. The molecule has 0 atom stereocenters. The lowest BCUT2D eigenvalue weighted by Crippen LogP contribution is -2.23. The summed E-state index contributed by atoms with van der Waals surface area (Å²) in [5, 5.41) is 7.50. The van der Waals surface area contributed by atoms with Gasteiger partial charge in [-0.05, 0) is 74.0 Å². The van der Waals surface area contributed by atoms with Gasteiger partial charge in [-0.3, -0.25) is 9.78 Å². The van der Waals surface area contributed by atoms with Crippen molar-refractivity contribution in [3.63, 3.8) is 0 Å². The second kappa shape index (κ2) is 10.6. The second-order valence-corrected chi connectivity index (χ2v) is 7.63. The fraction of sp³-hybridized carbons (Fsp3) is 0.192. The van der Waals surface area contributed by atoms with E-state index in [1.165, 1.54) is 12.1 Å². The molecule has 0 fully saturated rings. The van der Waals surface area contributed by atoms with Gasteiger partial charge in [0.25, 0.3) is 0 Å². The van der Waals surface area contributed by atoms with Gasteiger partial charge in [0.05, 0.1) is 30.7 Å². The molecule has 34 heavy (non-hydrogen) atoms. The fourth-order valence-corrected chi connectivity index (χ4v) is 3.46. The zero-order valence-corrected chi connectivity index (χ0v) is 19.0. The summed E-state index contributed by atoms with van der Waals surface area (Å²) in [6.45, 7) is 2.23. The van der Waals surface area contributed by atoms with Crippen molar-refractivity contribution in [3.05, 3.63) is 95.7 Å². The van der Waals surface area contributed by atoms with Gasteiger partial charge in [0.2, 0.25) is 11.8 Å². The predicted octanol–water partition coefficient (Wildman–Crippen LogP) is 4.76. The standard InChI is InChI=1S/C26H25FN4O3/c1-18-24(14-15-25(32)29-17-20-5-3-4-16-28-20)26(34-23-12-10-22(33-2)11-13-23)31(30-18)21-8-6-19(27)7-9-21/h3-13,16H,14-15,17H2,1-2H3,(H,29,32). The van der Waals surface area contributed by atoms with Crippen molar-refractivity contribution >= 4 is 5.91 Å². The van der Waals surface area contributed by atoms with E-state index in [1.807, 2.05) is 25.1 Å². The molecule has 0 saturated carbocycles. The number of hydrogen-bond donors (Lipinski definition) is 1. The van der Waals surface area contributed by atoms with Gasteiger partial charge in [0, 0.05) is 18.2 Å². The third kappa shape index (κ3) is 5.58. The van der Waals surface area contributed by atoms with Crippen molar-refractivity contribution in [2.24, 2.45) is 0 Å². The molecule has 0 saturated heterocycles. The van der Waals surface area contributed by atoms with Crippen LogP contribution in [0, 0.1) is 12.7 Å². The van der Waals surface area contributed by atoms with Gasteiger partial charge in [-0.1, -0.05) is 6.07 Å². The largest absolute Gasteiger partial charge is 0.497 e.